The first-order valence-electron chi connectivity index (χ1n) is 8.02. The first kappa shape index (κ1) is 18.6. The van der Waals surface area contributed by atoms with Crippen LogP contribution in [-0.2, 0) is 9.53 Å². The molecule has 0 heterocycles. The van der Waals surface area contributed by atoms with Gasteiger partial charge in [-0.15, -0.1) is 0 Å². The minimum Gasteiger partial charge on any atom is -0.383 e. The van der Waals surface area contributed by atoms with Gasteiger partial charge in [0.25, 0.3) is 5.91 Å². The summed E-state index contributed by atoms with van der Waals surface area (Å²) in [5.41, 5.74) is 7.83. The Morgan fingerprint density at radius 1 is 1.12 bits per heavy atom. The van der Waals surface area contributed by atoms with E-state index in [2.05, 4.69) is 10.6 Å². The van der Waals surface area contributed by atoms with Crippen molar-refractivity contribution in [2.45, 2.75) is 19.0 Å². The van der Waals surface area contributed by atoms with Crippen LogP contribution >= 0.6 is 0 Å². The zero-order valence-electron chi connectivity index (χ0n) is 14.4. The second-order valence-electron chi connectivity index (χ2n) is 5.74. The van der Waals surface area contributed by atoms with E-state index in [4.69, 9.17) is 10.5 Å². The summed E-state index contributed by atoms with van der Waals surface area (Å²) < 4.78 is 4.88. The maximum atomic E-state index is 12.2. The number of ether oxygens (including phenoxy) is 1. The van der Waals surface area contributed by atoms with Crippen LogP contribution in [0.15, 0.2) is 54.6 Å². The van der Waals surface area contributed by atoms with Crippen LogP contribution in [0.4, 0.5) is 5.69 Å². The lowest BCUT2D eigenvalue weighted by Gasteiger charge is -2.18. The molecule has 2 aromatic carbocycles. The van der Waals surface area contributed by atoms with Crippen molar-refractivity contribution in [3.8, 4) is 0 Å². The molecule has 0 saturated carbocycles. The molecule has 0 bridgehead atoms. The minimum atomic E-state index is -0.714. The van der Waals surface area contributed by atoms with Crippen LogP contribution in [0.1, 0.15) is 28.9 Å². The highest BCUT2D eigenvalue weighted by atomic mass is 16.5. The summed E-state index contributed by atoms with van der Waals surface area (Å²) in [6, 6.07) is 15.4. The van der Waals surface area contributed by atoms with E-state index in [0.717, 1.165) is 5.56 Å². The molecule has 4 N–H and O–H groups in total. The summed E-state index contributed by atoms with van der Waals surface area (Å²) in [5.74, 6) is -0.468. The van der Waals surface area contributed by atoms with Crippen molar-refractivity contribution < 1.29 is 14.3 Å². The molecular weight excluding hydrogens is 318 g/mol. The SMILES string of the molecule is COCC(N)C(=O)NC(C)c1cccc(NC(=O)c2ccccc2)c1. The van der Waals surface area contributed by atoms with Gasteiger partial charge in [-0.1, -0.05) is 30.3 Å². The summed E-state index contributed by atoms with van der Waals surface area (Å²) in [6.07, 6.45) is 0. The van der Waals surface area contributed by atoms with Gasteiger partial charge < -0.3 is 21.1 Å². The molecule has 0 aromatic heterocycles. The molecule has 2 rings (SSSR count). The predicted molar refractivity (Wildman–Crippen MR) is 97.2 cm³/mol. The summed E-state index contributed by atoms with van der Waals surface area (Å²) in [7, 11) is 1.50. The fourth-order valence-corrected chi connectivity index (χ4v) is 2.34. The maximum absolute atomic E-state index is 12.2. The quantitative estimate of drug-likeness (QED) is 0.719. The van der Waals surface area contributed by atoms with Gasteiger partial charge in [0.05, 0.1) is 12.6 Å². The largest absolute Gasteiger partial charge is 0.383 e. The van der Waals surface area contributed by atoms with Gasteiger partial charge in [-0.2, -0.15) is 0 Å². The molecule has 2 aromatic rings. The number of carbonyl (C=O) groups is 2. The van der Waals surface area contributed by atoms with Crippen LogP contribution in [0.5, 0.6) is 0 Å². The molecule has 6 heteroatoms. The van der Waals surface area contributed by atoms with E-state index in [1.807, 2.05) is 43.3 Å². The second-order valence-corrected chi connectivity index (χ2v) is 5.74. The molecule has 2 amide bonds. The minimum absolute atomic E-state index is 0.158. The molecule has 0 aliphatic heterocycles. The number of amides is 2. The molecule has 132 valence electrons. The lowest BCUT2D eigenvalue weighted by Crippen LogP contribution is -2.44. The van der Waals surface area contributed by atoms with Crippen molar-refractivity contribution in [2.24, 2.45) is 5.73 Å². The standard InChI is InChI=1S/C19H23N3O3/c1-13(21-19(24)17(20)12-25-2)15-9-6-10-16(11-15)22-18(23)14-7-4-3-5-8-14/h3-11,13,17H,12,20H2,1-2H3,(H,21,24)(H,22,23). The van der Waals surface area contributed by atoms with E-state index in [-0.39, 0.29) is 24.5 Å². The highest BCUT2D eigenvalue weighted by Crippen LogP contribution is 2.18. The number of methoxy groups -OCH3 is 1. The van der Waals surface area contributed by atoms with Crippen molar-refractivity contribution in [1.82, 2.24) is 5.32 Å². The summed E-state index contributed by atoms with van der Waals surface area (Å²) in [6.45, 7) is 2.02. The summed E-state index contributed by atoms with van der Waals surface area (Å²) >= 11 is 0. The van der Waals surface area contributed by atoms with Gasteiger partial charge in [-0.3, -0.25) is 9.59 Å². The van der Waals surface area contributed by atoms with Gasteiger partial charge in [0.1, 0.15) is 6.04 Å². The third-order valence-corrected chi connectivity index (χ3v) is 3.72. The fraction of sp³-hybridized carbons (Fsp3) is 0.263. The molecule has 0 spiro atoms. The Morgan fingerprint density at radius 2 is 1.84 bits per heavy atom. The Bertz CT molecular complexity index is 719. The second kappa shape index (κ2) is 8.96. The van der Waals surface area contributed by atoms with E-state index in [9.17, 15) is 9.59 Å². The average Bonchev–Trinajstić information content (AvgIpc) is 2.62. The van der Waals surface area contributed by atoms with E-state index < -0.39 is 6.04 Å². The van der Waals surface area contributed by atoms with Gasteiger partial charge in [-0.25, -0.2) is 0 Å². The lowest BCUT2D eigenvalue weighted by molar-refractivity contribution is -0.124. The van der Waals surface area contributed by atoms with Crippen LogP contribution in [0.25, 0.3) is 0 Å². The van der Waals surface area contributed by atoms with Gasteiger partial charge in [0.2, 0.25) is 5.91 Å². The highest BCUT2D eigenvalue weighted by Gasteiger charge is 2.16. The molecule has 2 unspecified atom stereocenters. The first-order valence-corrected chi connectivity index (χ1v) is 8.02. The fourth-order valence-electron chi connectivity index (χ4n) is 2.34. The zero-order chi connectivity index (χ0) is 18.2. The van der Waals surface area contributed by atoms with Crippen LogP contribution in [0, 0.1) is 0 Å². The van der Waals surface area contributed by atoms with E-state index in [1.54, 1.807) is 18.2 Å². The first-order chi connectivity index (χ1) is 12.0. The Balaban J connectivity index is 2.03. The number of anilines is 1. The number of hydrogen-bond donors (Lipinski definition) is 3. The number of carbonyl (C=O) groups excluding carboxylic acids is 2. The number of hydrogen-bond acceptors (Lipinski definition) is 4. The van der Waals surface area contributed by atoms with Crippen LogP contribution in [0.2, 0.25) is 0 Å². The molecule has 0 aliphatic carbocycles. The third kappa shape index (κ3) is 5.41. The van der Waals surface area contributed by atoms with E-state index in [1.165, 1.54) is 7.11 Å². The van der Waals surface area contributed by atoms with Gasteiger partial charge in [0, 0.05) is 18.4 Å². The molecular formula is C19H23N3O3. The van der Waals surface area contributed by atoms with Crippen molar-refractivity contribution in [3.05, 3.63) is 65.7 Å². The molecule has 0 fully saturated rings. The van der Waals surface area contributed by atoms with Gasteiger partial charge >= 0.3 is 0 Å². The van der Waals surface area contributed by atoms with Gasteiger partial charge in [-0.05, 0) is 36.8 Å². The maximum Gasteiger partial charge on any atom is 0.255 e. The number of benzene rings is 2. The number of nitrogens with one attached hydrogen (secondary N) is 2. The Hall–Kier alpha value is -2.70. The van der Waals surface area contributed by atoms with E-state index >= 15 is 0 Å². The lowest BCUT2D eigenvalue weighted by atomic mass is 10.1. The van der Waals surface area contributed by atoms with Crippen molar-refractivity contribution in [1.29, 1.82) is 0 Å². The smallest absolute Gasteiger partial charge is 0.255 e. The number of nitrogens with two attached hydrogens (primary N) is 1. The zero-order valence-corrected chi connectivity index (χ0v) is 14.4. The molecule has 0 aliphatic rings. The third-order valence-electron chi connectivity index (χ3n) is 3.72. The van der Waals surface area contributed by atoms with Gasteiger partial charge in [0.15, 0.2) is 0 Å². The molecule has 6 nitrogen and oxygen atoms in total. The Labute approximate surface area is 147 Å². The Kier molecular flexibility index (Phi) is 6.68. The normalized spacial score (nSPS) is 12.9. The van der Waals surface area contributed by atoms with Crippen molar-refractivity contribution in [2.75, 3.05) is 19.0 Å². The van der Waals surface area contributed by atoms with Crippen molar-refractivity contribution in [3.63, 3.8) is 0 Å². The predicted octanol–water partition coefficient (Wildman–Crippen LogP) is 2.09. The van der Waals surface area contributed by atoms with Crippen LogP contribution < -0.4 is 16.4 Å². The summed E-state index contributed by atoms with van der Waals surface area (Å²) in [5, 5.41) is 5.69. The van der Waals surface area contributed by atoms with Crippen LogP contribution in [0.3, 0.4) is 0 Å². The monoisotopic (exact) mass is 341 g/mol. The highest BCUT2D eigenvalue weighted by molar-refractivity contribution is 6.04. The molecule has 2 atom stereocenters. The number of rotatable bonds is 7. The summed E-state index contributed by atoms with van der Waals surface area (Å²) in [4.78, 5) is 24.2. The molecule has 25 heavy (non-hydrogen) atoms. The van der Waals surface area contributed by atoms with E-state index in [0.29, 0.717) is 11.3 Å². The van der Waals surface area contributed by atoms with Crippen molar-refractivity contribution >= 4 is 17.5 Å². The topological polar surface area (TPSA) is 93.4 Å². The van der Waals surface area contributed by atoms with Crippen LogP contribution in [-0.4, -0.2) is 31.6 Å². The molecule has 0 radical (unpaired) electrons. The molecule has 0 saturated heterocycles. The average molecular weight is 341 g/mol. The Morgan fingerprint density at radius 3 is 2.52 bits per heavy atom.